The maximum atomic E-state index is 11.9. The van der Waals surface area contributed by atoms with Crippen LogP contribution in [0.4, 0.5) is 0 Å². The van der Waals surface area contributed by atoms with Crippen LogP contribution < -0.4 is 0 Å². The van der Waals surface area contributed by atoms with Crippen molar-refractivity contribution < 1.29 is 29.3 Å². The first-order valence-corrected chi connectivity index (χ1v) is 10.1. The number of hydrogen-bond donors (Lipinski definition) is 2. The van der Waals surface area contributed by atoms with Crippen LogP contribution in [0.1, 0.15) is 46.2 Å². The van der Waals surface area contributed by atoms with Crippen LogP contribution >= 0.6 is 0 Å². The lowest BCUT2D eigenvalue weighted by atomic mass is 10.0. The van der Waals surface area contributed by atoms with E-state index in [-0.39, 0.29) is 49.5 Å². The summed E-state index contributed by atoms with van der Waals surface area (Å²) in [5, 5.41) is 19.6. The predicted octanol–water partition coefficient (Wildman–Crippen LogP) is 3.98. The third-order valence-corrected chi connectivity index (χ3v) is 4.95. The molecule has 0 amide bonds. The van der Waals surface area contributed by atoms with Crippen molar-refractivity contribution in [1.82, 2.24) is 0 Å². The molecule has 0 aliphatic carbocycles. The van der Waals surface area contributed by atoms with Gasteiger partial charge in [-0.25, -0.2) is 0 Å². The number of aryl methyl sites for hydroxylation is 6. The second-order valence-corrected chi connectivity index (χ2v) is 7.60. The minimum Gasteiger partial charge on any atom is -0.507 e. The molecule has 162 valence electrons. The zero-order valence-electron chi connectivity index (χ0n) is 18.1. The van der Waals surface area contributed by atoms with E-state index in [9.17, 15) is 19.8 Å². The molecule has 0 atom stereocenters. The van der Waals surface area contributed by atoms with E-state index >= 15 is 0 Å². The molecule has 2 N–H and O–H groups in total. The van der Waals surface area contributed by atoms with Gasteiger partial charge in [-0.15, -0.1) is 0 Å². The fourth-order valence-electron chi connectivity index (χ4n) is 3.33. The van der Waals surface area contributed by atoms with Gasteiger partial charge in [0.2, 0.25) is 0 Å². The van der Waals surface area contributed by atoms with E-state index in [0.29, 0.717) is 12.8 Å². The molecule has 0 spiro atoms. The van der Waals surface area contributed by atoms with Crippen molar-refractivity contribution in [3.8, 4) is 11.5 Å². The van der Waals surface area contributed by atoms with E-state index in [4.69, 9.17) is 9.47 Å². The van der Waals surface area contributed by atoms with E-state index in [1.54, 1.807) is 0 Å². The number of rotatable bonds is 9. The average molecular weight is 414 g/mol. The summed E-state index contributed by atoms with van der Waals surface area (Å²) in [6, 6.07) is 7.42. The molecular formula is C24H30O6. The molecule has 0 unspecified atom stereocenters. The molecule has 6 nitrogen and oxygen atoms in total. The highest BCUT2D eigenvalue weighted by Crippen LogP contribution is 2.24. The monoisotopic (exact) mass is 414 g/mol. The Morgan fingerprint density at radius 3 is 1.27 bits per heavy atom. The molecule has 2 aromatic carbocycles. The summed E-state index contributed by atoms with van der Waals surface area (Å²) >= 11 is 0. The van der Waals surface area contributed by atoms with Crippen LogP contribution in [0, 0.1) is 27.7 Å². The molecule has 0 radical (unpaired) electrons. The first-order chi connectivity index (χ1) is 14.2. The van der Waals surface area contributed by atoms with Crippen LogP contribution in [0.3, 0.4) is 0 Å². The van der Waals surface area contributed by atoms with Crippen LogP contribution in [-0.4, -0.2) is 35.4 Å². The summed E-state index contributed by atoms with van der Waals surface area (Å²) in [5.41, 5.74) is 5.05. The zero-order chi connectivity index (χ0) is 22.3. The number of carbonyl (C=O) groups excluding carboxylic acids is 2. The largest absolute Gasteiger partial charge is 0.507 e. The Balaban J connectivity index is 1.64. The molecule has 0 saturated heterocycles. The molecule has 0 aromatic heterocycles. The number of carbonyl (C=O) groups is 2. The van der Waals surface area contributed by atoms with E-state index in [1.165, 1.54) is 0 Å². The van der Waals surface area contributed by atoms with Crippen molar-refractivity contribution in [2.24, 2.45) is 0 Å². The molecule has 0 bridgehead atoms. The molecule has 0 fully saturated rings. The Bertz CT molecular complexity index is 794. The summed E-state index contributed by atoms with van der Waals surface area (Å²) in [4.78, 5) is 23.7. The standard InChI is InChI=1S/C24H30O6/c1-15-11-19(12-16(2)23(15)27)5-7-21(25)29-9-10-30-22(26)8-6-20-13-17(3)24(28)18(4)14-20/h11-14,27-28H,5-10H2,1-4H3. The SMILES string of the molecule is Cc1cc(CCC(=O)OCCOC(=O)CCc2cc(C)c(O)c(C)c2)cc(C)c1O. The van der Waals surface area contributed by atoms with Gasteiger partial charge in [0.05, 0.1) is 0 Å². The van der Waals surface area contributed by atoms with Gasteiger partial charge in [0, 0.05) is 12.8 Å². The van der Waals surface area contributed by atoms with Crippen molar-refractivity contribution in [3.63, 3.8) is 0 Å². The third-order valence-electron chi connectivity index (χ3n) is 4.95. The number of ether oxygens (including phenoxy) is 2. The summed E-state index contributed by atoms with van der Waals surface area (Å²) in [6.45, 7) is 7.33. The van der Waals surface area contributed by atoms with Crippen molar-refractivity contribution in [2.45, 2.75) is 53.4 Å². The molecule has 0 aliphatic rings. The lowest BCUT2D eigenvalue weighted by Crippen LogP contribution is -2.14. The molecule has 2 rings (SSSR count). The van der Waals surface area contributed by atoms with E-state index < -0.39 is 0 Å². The topological polar surface area (TPSA) is 93.1 Å². The van der Waals surface area contributed by atoms with E-state index in [1.807, 2.05) is 52.0 Å². The normalized spacial score (nSPS) is 10.7. The lowest BCUT2D eigenvalue weighted by Gasteiger charge is -2.09. The van der Waals surface area contributed by atoms with Gasteiger partial charge in [-0.2, -0.15) is 0 Å². The van der Waals surface area contributed by atoms with Gasteiger partial charge in [-0.3, -0.25) is 9.59 Å². The molecule has 0 heterocycles. The first kappa shape index (κ1) is 23.3. The van der Waals surface area contributed by atoms with Crippen molar-refractivity contribution in [1.29, 1.82) is 0 Å². The Morgan fingerprint density at radius 1 is 0.667 bits per heavy atom. The summed E-state index contributed by atoms with van der Waals surface area (Å²) in [6.07, 6.45) is 1.48. The summed E-state index contributed by atoms with van der Waals surface area (Å²) in [7, 11) is 0. The van der Waals surface area contributed by atoms with E-state index in [2.05, 4.69) is 0 Å². The van der Waals surface area contributed by atoms with E-state index in [0.717, 1.165) is 33.4 Å². The smallest absolute Gasteiger partial charge is 0.306 e. The van der Waals surface area contributed by atoms with Gasteiger partial charge in [-0.1, -0.05) is 24.3 Å². The Morgan fingerprint density at radius 2 is 0.967 bits per heavy atom. The number of esters is 2. The fraction of sp³-hybridized carbons (Fsp3) is 0.417. The molecular weight excluding hydrogens is 384 g/mol. The Hall–Kier alpha value is -3.02. The molecule has 30 heavy (non-hydrogen) atoms. The van der Waals surface area contributed by atoms with Gasteiger partial charge >= 0.3 is 11.9 Å². The molecule has 2 aromatic rings. The number of phenolic OH excluding ortho intramolecular Hbond substituents is 2. The molecule has 6 heteroatoms. The second-order valence-electron chi connectivity index (χ2n) is 7.60. The third kappa shape index (κ3) is 6.79. The maximum Gasteiger partial charge on any atom is 0.306 e. The van der Waals surface area contributed by atoms with Gasteiger partial charge in [-0.05, 0) is 73.9 Å². The van der Waals surface area contributed by atoms with Crippen molar-refractivity contribution >= 4 is 11.9 Å². The number of benzene rings is 2. The minimum atomic E-state index is -0.357. The fourth-order valence-corrected chi connectivity index (χ4v) is 3.33. The second kappa shape index (κ2) is 10.7. The summed E-state index contributed by atoms with van der Waals surface area (Å²) in [5.74, 6) is -0.161. The van der Waals surface area contributed by atoms with Crippen LogP contribution in [-0.2, 0) is 31.9 Å². The number of hydrogen-bond acceptors (Lipinski definition) is 6. The Kier molecular flexibility index (Phi) is 8.27. The van der Waals surface area contributed by atoms with Gasteiger partial charge < -0.3 is 19.7 Å². The highest BCUT2D eigenvalue weighted by atomic mass is 16.6. The first-order valence-electron chi connectivity index (χ1n) is 10.1. The molecule has 0 aliphatic heterocycles. The van der Waals surface area contributed by atoms with Gasteiger partial charge in [0.1, 0.15) is 24.7 Å². The maximum absolute atomic E-state index is 11.9. The van der Waals surface area contributed by atoms with Crippen molar-refractivity contribution in [3.05, 3.63) is 57.6 Å². The van der Waals surface area contributed by atoms with Crippen LogP contribution in [0.2, 0.25) is 0 Å². The lowest BCUT2D eigenvalue weighted by molar-refractivity contribution is -0.152. The van der Waals surface area contributed by atoms with Crippen LogP contribution in [0.25, 0.3) is 0 Å². The van der Waals surface area contributed by atoms with Crippen molar-refractivity contribution in [2.75, 3.05) is 13.2 Å². The predicted molar refractivity (Wildman–Crippen MR) is 114 cm³/mol. The highest BCUT2D eigenvalue weighted by Gasteiger charge is 2.10. The molecule has 0 saturated carbocycles. The highest BCUT2D eigenvalue weighted by molar-refractivity contribution is 5.70. The summed E-state index contributed by atoms with van der Waals surface area (Å²) < 4.78 is 10.2. The van der Waals surface area contributed by atoms with Gasteiger partial charge in [0.15, 0.2) is 0 Å². The van der Waals surface area contributed by atoms with Gasteiger partial charge in [0.25, 0.3) is 0 Å². The Labute approximate surface area is 177 Å². The average Bonchev–Trinajstić information content (AvgIpc) is 2.70. The number of aromatic hydroxyl groups is 2. The number of phenols is 2. The zero-order valence-corrected chi connectivity index (χ0v) is 18.1. The minimum absolute atomic E-state index is 0.0234. The van der Waals surface area contributed by atoms with Crippen LogP contribution in [0.5, 0.6) is 11.5 Å². The quantitative estimate of drug-likeness (QED) is 0.476. The van der Waals surface area contributed by atoms with Crippen LogP contribution in [0.15, 0.2) is 24.3 Å².